The van der Waals surface area contributed by atoms with Crippen LogP contribution in [0.25, 0.3) is 0 Å². The molecule has 1 aliphatic rings. The Morgan fingerprint density at radius 1 is 1.50 bits per heavy atom. The van der Waals surface area contributed by atoms with E-state index in [1.54, 1.807) is 6.07 Å². The van der Waals surface area contributed by atoms with Gasteiger partial charge in [0.2, 0.25) is 0 Å². The van der Waals surface area contributed by atoms with Crippen LogP contribution in [0.3, 0.4) is 0 Å². The number of nitrogens with one attached hydrogen (secondary N) is 3. The molecule has 0 bridgehead atoms. The third kappa shape index (κ3) is 3.20. The lowest BCUT2D eigenvalue weighted by atomic mass is 9.95. The summed E-state index contributed by atoms with van der Waals surface area (Å²) in [6.45, 7) is 4.97. The van der Waals surface area contributed by atoms with Gasteiger partial charge in [0.1, 0.15) is 5.82 Å². The first-order chi connectivity index (χ1) is 8.72. The lowest BCUT2D eigenvalue weighted by Crippen LogP contribution is -2.29. The van der Waals surface area contributed by atoms with Crippen LogP contribution in [0.1, 0.15) is 24.9 Å². The molecule has 0 saturated carbocycles. The van der Waals surface area contributed by atoms with Crippen molar-refractivity contribution in [2.75, 3.05) is 19.6 Å². The first kappa shape index (κ1) is 13.7. The summed E-state index contributed by atoms with van der Waals surface area (Å²) in [5.74, 6) is 0.120. The molecular formula is C13H19ClFN3. The molecule has 100 valence electrons. The predicted octanol–water partition coefficient (Wildman–Crippen LogP) is 2.24. The van der Waals surface area contributed by atoms with E-state index in [0.29, 0.717) is 10.9 Å². The molecule has 2 rings (SSSR count). The lowest BCUT2D eigenvalue weighted by Gasteiger charge is -2.20. The van der Waals surface area contributed by atoms with Crippen LogP contribution in [-0.2, 0) is 0 Å². The molecule has 1 aromatic rings. The van der Waals surface area contributed by atoms with Crippen LogP contribution in [0, 0.1) is 11.7 Å². The minimum atomic E-state index is -0.296. The molecule has 1 heterocycles. The zero-order valence-electron chi connectivity index (χ0n) is 10.5. The van der Waals surface area contributed by atoms with Gasteiger partial charge in [-0.05, 0) is 30.7 Å². The summed E-state index contributed by atoms with van der Waals surface area (Å²) >= 11 is 6.11. The summed E-state index contributed by atoms with van der Waals surface area (Å²) in [7, 11) is 0. The zero-order valence-corrected chi connectivity index (χ0v) is 11.2. The van der Waals surface area contributed by atoms with Gasteiger partial charge in [-0.1, -0.05) is 24.6 Å². The first-order valence-electron chi connectivity index (χ1n) is 6.36. The molecule has 0 amide bonds. The number of rotatable bonds is 5. The largest absolute Gasteiger partial charge is 0.316 e. The van der Waals surface area contributed by atoms with Crippen molar-refractivity contribution in [3.05, 3.63) is 34.6 Å². The number of hydrazine groups is 1. The Bertz CT molecular complexity index is 400. The van der Waals surface area contributed by atoms with Crippen LogP contribution in [0.4, 0.5) is 4.39 Å². The van der Waals surface area contributed by atoms with E-state index in [2.05, 4.69) is 23.1 Å². The van der Waals surface area contributed by atoms with E-state index >= 15 is 0 Å². The smallest absolute Gasteiger partial charge is 0.124 e. The van der Waals surface area contributed by atoms with E-state index < -0.39 is 0 Å². The quantitative estimate of drug-likeness (QED) is 0.719. The normalized spacial score (nSPS) is 23.5. The lowest BCUT2D eigenvalue weighted by molar-refractivity contribution is 0.442. The Hall–Kier alpha value is -0.680. The third-order valence-electron chi connectivity index (χ3n) is 3.22. The fraction of sp³-hybridized carbons (Fsp3) is 0.538. The predicted molar refractivity (Wildman–Crippen MR) is 71.9 cm³/mol. The Labute approximate surface area is 112 Å². The fourth-order valence-electron chi connectivity index (χ4n) is 2.28. The summed E-state index contributed by atoms with van der Waals surface area (Å²) in [5, 5.41) is 3.89. The first-order valence-corrected chi connectivity index (χ1v) is 6.74. The van der Waals surface area contributed by atoms with Crippen LogP contribution in [0.2, 0.25) is 5.02 Å². The van der Waals surface area contributed by atoms with Gasteiger partial charge in [-0.25, -0.2) is 9.82 Å². The molecule has 3 N–H and O–H groups in total. The minimum absolute atomic E-state index is 0.127. The molecule has 1 fully saturated rings. The SMILES string of the molecule is CCCNCC1CNNC1c1ccc(F)cc1Cl. The maximum absolute atomic E-state index is 13.0. The molecular weight excluding hydrogens is 253 g/mol. The van der Waals surface area contributed by atoms with Gasteiger partial charge in [0.05, 0.1) is 6.04 Å². The minimum Gasteiger partial charge on any atom is -0.316 e. The number of hydrogen-bond donors (Lipinski definition) is 3. The molecule has 1 aromatic carbocycles. The highest BCUT2D eigenvalue weighted by molar-refractivity contribution is 6.31. The van der Waals surface area contributed by atoms with Gasteiger partial charge in [0, 0.05) is 24.0 Å². The Balaban J connectivity index is 2.06. The Morgan fingerprint density at radius 3 is 3.06 bits per heavy atom. The zero-order chi connectivity index (χ0) is 13.0. The molecule has 0 aliphatic carbocycles. The fourth-order valence-corrected chi connectivity index (χ4v) is 2.56. The van der Waals surface area contributed by atoms with E-state index in [9.17, 15) is 4.39 Å². The highest BCUT2D eigenvalue weighted by atomic mass is 35.5. The van der Waals surface area contributed by atoms with Crippen molar-refractivity contribution in [2.45, 2.75) is 19.4 Å². The van der Waals surface area contributed by atoms with E-state index in [4.69, 9.17) is 11.6 Å². The van der Waals surface area contributed by atoms with E-state index in [1.807, 2.05) is 0 Å². The highest BCUT2D eigenvalue weighted by Crippen LogP contribution is 2.30. The van der Waals surface area contributed by atoms with E-state index in [-0.39, 0.29) is 11.9 Å². The molecule has 1 aliphatic heterocycles. The Morgan fingerprint density at radius 2 is 2.33 bits per heavy atom. The van der Waals surface area contributed by atoms with Crippen molar-refractivity contribution >= 4 is 11.6 Å². The molecule has 5 heteroatoms. The third-order valence-corrected chi connectivity index (χ3v) is 3.55. The Kier molecular flexibility index (Phi) is 4.95. The maximum atomic E-state index is 13.0. The molecule has 1 saturated heterocycles. The van der Waals surface area contributed by atoms with Crippen molar-refractivity contribution in [3.63, 3.8) is 0 Å². The monoisotopic (exact) mass is 271 g/mol. The van der Waals surface area contributed by atoms with Crippen LogP contribution in [-0.4, -0.2) is 19.6 Å². The van der Waals surface area contributed by atoms with Crippen molar-refractivity contribution in [3.8, 4) is 0 Å². The number of benzene rings is 1. The van der Waals surface area contributed by atoms with E-state index in [0.717, 1.165) is 31.6 Å². The molecule has 0 radical (unpaired) electrons. The van der Waals surface area contributed by atoms with Gasteiger partial charge in [0.15, 0.2) is 0 Å². The summed E-state index contributed by atoms with van der Waals surface area (Å²) in [4.78, 5) is 0. The van der Waals surface area contributed by atoms with Crippen LogP contribution in [0.15, 0.2) is 18.2 Å². The van der Waals surface area contributed by atoms with Gasteiger partial charge in [-0.2, -0.15) is 0 Å². The second-order valence-electron chi connectivity index (χ2n) is 4.63. The summed E-state index contributed by atoms with van der Waals surface area (Å²) in [6, 6.07) is 4.71. The summed E-state index contributed by atoms with van der Waals surface area (Å²) in [6.07, 6.45) is 1.12. The van der Waals surface area contributed by atoms with Crippen LogP contribution < -0.4 is 16.2 Å². The van der Waals surface area contributed by atoms with Gasteiger partial charge in [-0.3, -0.25) is 5.43 Å². The number of halogens is 2. The molecule has 2 atom stereocenters. The van der Waals surface area contributed by atoms with Crippen LogP contribution >= 0.6 is 11.6 Å². The van der Waals surface area contributed by atoms with Gasteiger partial charge >= 0.3 is 0 Å². The molecule has 18 heavy (non-hydrogen) atoms. The molecule has 2 unspecified atom stereocenters. The molecule has 0 spiro atoms. The standard InChI is InChI=1S/C13H19ClFN3/c1-2-5-16-7-9-8-17-18-13(9)11-4-3-10(15)6-12(11)14/h3-4,6,9,13,16-18H,2,5,7-8H2,1H3. The maximum Gasteiger partial charge on any atom is 0.124 e. The average Bonchev–Trinajstić information content (AvgIpc) is 2.78. The molecule has 0 aromatic heterocycles. The van der Waals surface area contributed by atoms with Crippen molar-refractivity contribution in [1.29, 1.82) is 0 Å². The topological polar surface area (TPSA) is 36.1 Å². The average molecular weight is 272 g/mol. The summed E-state index contributed by atoms with van der Waals surface area (Å²) in [5.41, 5.74) is 7.31. The second kappa shape index (κ2) is 6.48. The van der Waals surface area contributed by atoms with Gasteiger partial charge < -0.3 is 5.32 Å². The van der Waals surface area contributed by atoms with Crippen LogP contribution in [0.5, 0.6) is 0 Å². The summed E-state index contributed by atoms with van der Waals surface area (Å²) < 4.78 is 13.0. The second-order valence-corrected chi connectivity index (χ2v) is 5.04. The highest BCUT2D eigenvalue weighted by Gasteiger charge is 2.29. The van der Waals surface area contributed by atoms with Crippen molar-refractivity contribution in [2.24, 2.45) is 5.92 Å². The van der Waals surface area contributed by atoms with Crippen molar-refractivity contribution < 1.29 is 4.39 Å². The van der Waals surface area contributed by atoms with Crippen molar-refractivity contribution in [1.82, 2.24) is 16.2 Å². The van der Waals surface area contributed by atoms with E-state index in [1.165, 1.54) is 12.1 Å². The molecule has 3 nitrogen and oxygen atoms in total. The number of hydrogen-bond acceptors (Lipinski definition) is 3. The van der Waals surface area contributed by atoms with Gasteiger partial charge in [0.25, 0.3) is 0 Å². The van der Waals surface area contributed by atoms with Gasteiger partial charge in [-0.15, -0.1) is 0 Å².